The molecule has 0 aromatic carbocycles. The molecule has 0 aliphatic rings. The monoisotopic (exact) mass is 234 g/mol. The van der Waals surface area contributed by atoms with Crippen LogP contribution in [0.15, 0.2) is 29.6 Å². The highest BCUT2D eigenvalue weighted by Gasteiger charge is 2.12. The first-order chi connectivity index (χ1) is 8.09. The number of hydrogen-bond donors (Lipinski definition) is 2. The molecule has 1 rings (SSSR count). The molecule has 0 bridgehead atoms. The first-order valence-electron chi connectivity index (χ1n) is 5.13. The van der Waals surface area contributed by atoms with E-state index in [4.69, 9.17) is 0 Å². The zero-order valence-electron chi connectivity index (χ0n) is 9.68. The third kappa shape index (κ3) is 4.87. The van der Waals surface area contributed by atoms with Gasteiger partial charge in [-0.25, -0.2) is 5.43 Å². The third-order valence-corrected chi connectivity index (χ3v) is 1.69. The Morgan fingerprint density at radius 1 is 1.41 bits per heavy atom. The minimum absolute atomic E-state index is 0.0875. The Kier molecular flexibility index (Phi) is 4.80. The molecule has 0 saturated carbocycles. The van der Waals surface area contributed by atoms with Crippen molar-refractivity contribution in [2.24, 2.45) is 5.10 Å². The maximum atomic E-state index is 11.2. The van der Waals surface area contributed by atoms with Crippen molar-refractivity contribution in [3.63, 3.8) is 0 Å². The molecule has 1 heterocycles. The molecule has 0 aliphatic carbocycles. The molecule has 2 amide bonds. The van der Waals surface area contributed by atoms with E-state index in [0.717, 1.165) is 5.56 Å². The summed E-state index contributed by atoms with van der Waals surface area (Å²) in [6.45, 7) is 3.54. The smallest absolute Gasteiger partial charge is 0.329 e. The maximum absolute atomic E-state index is 11.2. The Labute approximate surface area is 99.1 Å². The first-order valence-corrected chi connectivity index (χ1v) is 5.13. The number of nitrogens with one attached hydrogen (secondary N) is 2. The van der Waals surface area contributed by atoms with Crippen LogP contribution in [0.2, 0.25) is 0 Å². The predicted octanol–water partition coefficient (Wildman–Crippen LogP) is 0.0563. The molecule has 1 aromatic heterocycles. The van der Waals surface area contributed by atoms with E-state index in [9.17, 15) is 9.59 Å². The number of hydrazone groups is 1. The maximum Gasteiger partial charge on any atom is 0.329 e. The second-order valence-electron chi connectivity index (χ2n) is 3.61. The molecule has 6 heteroatoms. The van der Waals surface area contributed by atoms with Gasteiger partial charge in [0.05, 0.1) is 6.21 Å². The zero-order chi connectivity index (χ0) is 12.7. The summed E-state index contributed by atoms with van der Waals surface area (Å²) in [4.78, 5) is 26.3. The van der Waals surface area contributed by atoms with Gasteiger partial charge in [0.15, 0.2) is 0 Å². The van der Waals surface area contributed by atoms with Crippen molar-refractivity contribution >= 4 is 18.0 Å². The van der Waals surface area contributed by atoms with Crippen molar-refractivity contribution in [3.8, 4) is 0 Å². The van der Waals surface area contributed by atoms with Crippen LogP contribution in [0.25, 0.3) is 0 Å². The van der Waals surface area contributed by atoms with E-state index in [0.29, 0.717) is 0 Å². The summed E-state index contributed by atoms with van der Waals surface area (Å²) in [6, 6.07) is 3.43. The predicted molar refractivity (Wildman–Crippen MR) is 63.3 cm³/mol. The third-order valence-electron chi connectivity index (χ3n) is 1.69. The highest BCUT2D eigenvalue weighted by atomic mass is 16.2. The number of hydrogen-bond acceptors (Lipinski definition) is 4. The van der Waals surface area contributed by atoms with E-state index in [1.807, 2.05) is 0 Å². The van der Waals surface area contributed by atoms with Gasteiger partial charge in [-0.2, -0.15) is 5.10 Å². The highest BCUT2D eigenvalue weighted by molar-refractivity contribution is 6.35. The lowest BCUT2D eigenvalue weighted by Gasteiger charge is -2.05. The molecule has 0 saturated heterocycles. The van der Waals surface area contributed by atoms with Gasteiger partial charge in [0, 0.05) is 24.0 Å². The average Bonchev–Trinajstić information content (AvgIpc) is 2.29. The number of carbonyl (C=O) groups is 2. The van der Waals surface area contributed by atoms with E-state index < -0.39 is 11.8 Å². The van der Waals surface area contributed by atoms with Crippen molar-refractivity contribution in [1.82, 2.24) is 15.7 Å². The first kappa shape index (κ1) is 12.8. The van der Waals surface area contributed by atoms with Gasteiger partial charge < -0.3 is 5.32 Å². The number of aromatic nitrogens is 1. The van der Waals surface area contributed by atoms with Crippen LogP contribution < -0.4 is 10.7 Å². The summed E-state index contributed by atoms with van der Waals surface area (Å²) in [5.41, 5.74) is 2.86. The summed E-state index contributed by atoms with van der Waals surface area (Å²) < 4.78 is 0. The molecule has 0 unspecified atom stereocenters. The van der Waals surface area contributed by atoms with Crippen LogP contribution in [-0.4, -0.2) is 29.1 Å². The van der Waals surface area contributed by atoms with Crippen molar-refractivity contribution < 1.29 is 9.59 Å². The number of amides is 2. The van der Waals surface area contributed by atoms with Gasteiger partial charge in [0.25, 0.3) is 0 Å². The highest BCUT2D eigenvalue weighted by Crippen LogP contribution is 1.89. The van der Waals surface area contributed by atoms with Gasteiger partial charge in [0.2, 0.25) is 0 Å². The average molecular weight is 234 g/mol. The van der Waals surface area contributed by atoms with Gasteiger partial charge >= 0.3 is 11.8 Å². The summed E-state index contributed by atoms with van der Waals surface area (Å²) in [6.07, 6.45) is 4.63. The van der Waals surface area contributed by atoms with Crippen molar-refractivity contribution in [3.05, 3.63) is 30.1 Å². The van der Waals surface area contributed by atoms with Crippen molar-refractivity contribution in [2.75, 3.05) is 0 Å². The number of nitrogens with zero attached hydrogens (tertiary/aromatic N) is 2. The number of rotatable bonds is 3. The van der Waals surface area contributed by atoms with E-state index in [1.54, 1.807) is 38.4 Å². The van der Waals surface area contributed by atoms with E-state index >= 15 is 0 Å². The molecular formula is C11H14N4O2. The summed E-state index contributed by atoms with van der Waals surface area (Å²) >= 11 is 0. The minimum atomic E-state index is -0.793. The van der Waals surface area contributed by atoms with Gasteiger partial charge in [-0.3, -0.25) is 14.6 Å². The molecular weight excluding hydrogens is 220 g/mol. The van der Waals surface area contributed by atoms with Gasteiger partial charge in [-0.1, -0.05) is 6.07 Å². The Hall–Kier alpha value is -2.24. The quantitative estimate of drug-likeness (QED) is 0.440. The molecule has 2 N–H and O–H groups in total. The van der Waals surface area contributed by atoms with Gasteiger partial charge in [0.1, 0.15) is 0 Å². The van der Waals surface area contributed by atoms with Crippen LogP contribution in [-0.2, 0) is 9.59 Å². The van der Waals surface area contributed by atoms with Crippen LogP contribution in [0.1, 0.15) is 19.4 Å². The Balaban J connectivity index is 2.43. The largest absolute Gasteiger partial charge is 0.346 e. The molecule has 0 fully saturated rings. The summed E-state index contributed by atoms with van der Waals surface area (Å²) in [7, 11) is 0. The van der Waals surface area contributed by atoms with E-state index in [1.165, 1.54) is 6.21 Å². The van der Waals surface area contributed by atoms with Crippen molar-refractivity contribution in [2.45, 2.75) is 19.9 Å². The molecule has 6 nitrogen and oxygen atoms in total. The molecule has 90 valence electrons. The van der Waals surface area contributed by atoms with Gasteiger partial charge in [-0.05, 0) is 19.9 Å². The van der Waals surface area contributed by atoms with Crippen LogP contribution in [0.3, 0.4) is 0 Å². The van der Waals surface area contributed by atoms with E-state index in [-0.39, 0.29) is 6.04 Å². The van der Waals surface area contributed by atoms with Crippen LogP contribution in [0, 0.1) is 0 Å². The summed E-state index contributed by atoms with van der Waals surface area (Å²) in [5, 5.41) is 6.10. The molecule has 0 radical (unpaired) electrons. The fourth-order valence-electron chi connectivity index (χ4n) is 0.996. The Morgan fingerprint density at radius 3 is 2.76 bits per heavy atom. The lowest BCUT2D eigenvalue weighted by molar-refractivity contribution is -0.139. The number of carbonyl (C=O) groups excluding carboxylic acids is 2. The second kappa shape index (κ2) is 6.37. The van der Waals surface area contributed by atoms with Gasteiger partial charge in [-0.15, -0.1) is 0 Å². The topological polar surface area (TPSA) is 83.5 Å². The standard InChI is InChI=1S/C11H14N4O2/c1-8(2)14-10(16)11(17)15-13-7-9-4-3-5-12-6-9/h3-8H,1-2H3,(H,14,16)(H,15,17)/b13-7-. The van der Waals surface area contributed by atoms with Crippen LogP contribution >= 0.6 is 0 Å². The molecule has 0 spiro atoms. The van der Waals surface area contributed by atoms with Crippen LogP contribution in [0.4, 0.5) is 0 Å². The molecule has 17 heavy (non-hydrogen) atoms. The lowest BCUT2D eigenvalue weighted by Crippen LogP contribution is -2.41. The SMILES string of the molecule is CC(C)NC(=O)C(=O)N/N=C\c1cccnc1. The fraction of sp³-hybridized carbons (Fsp3) is 0.273. The molecule has 0 atom stereocenters. The second-order valence-corrected chi connectivity index (χ2v) is 3.61. The van der Waals surface area contributed by atoms with Crippen molar-refractivity contribution in [1.29, 1.82) is 0 Å². The zero-order valence-corrected chi connectivity index (χ0v) is 9.68. The Morgan fingerprint density at radius 2 is 2.18 bits per heavy atom. The lowest BCUT2D eigenvalue weighted by atomic mass is 10.3. The summed E-state index contributed by atoms with van der Waals surface area (Å²) in [5.74, 6) is -1.50. The fourth-order valence-corrected chi connectivity index (χ4v) is 0.996. The number of pyridine rings is 1. The van der Waals surface area contributed by atoms with Crippen LogP contribution in [0.5, 0.6) is 0 Å². The molecule has 0 aliphatic heterocycles. The normalized spacial score (nSPS) is 10.5. The van der Waals surface area contributed by atoms with E-state index in [2.05, 4.69) is 20.8 Å². The molecule has 1 aromatic rings. The Bertz CT molecular complexity index is 415. The minimum Gasteiger partial charge on any atom is -0.346 e.